The molecule has 2 saturated heterocycles. The van der Waals surface area contributed by atoms with Gasteiger partial charge in [0.05, 0.1) is 41.3 Å². The summed E-state index contributed by atoms with van der Waals surface area (Å²) >= 11 is 14.3. The summed E-state index contributed by atoms with van der Waals surface area (Å²) in [6, 6.07) is 7.12. The molecular weight excluding hydrogens is 1550 g/mol. The molecule has 0 aromatic heterocycles. The van der Waals surface area contributed by atoms with Crippen molar-refractivity contribution < 1.29 is 118 Å². The number of aromatic hydroxyl groups is 3. The number of carbonyl (C=O) groups is 9. The first-order valence-corrected chi connectivity index (χ1v) is 37.3. The average Bonchev–Trinajstić information content (AvgIpc) is 0.764. The molecule has 13 rings (SSSR count). The van der Waals surface area contributed by atoms with Crippen LogP contribution in [-0.2, 0) is 57.4 Å². The molecule has 0 aliphatic carbocycles. The normalized spacial score (nSPS) is 27.3. The number of benzene rings is 6. The predicted octanol–water partition coefficient (Wildman–Crippen LogP) is 1.28. The number of ether oxygens (including phenoxy) is 6. The molecule has 3 unspecified atom stereocenters. The van der Waals surface area contributed by atoms with Gasteiger partial charge in [-0.2, -0.15) is 0 Å². The van der Waals surface area contributed by atoms with Crippen LogP contribution in [0.4, 0.5) is 0 Å². The second kappa shape index (κ2) is 36.0. The lowest BCUT2D eigenvalue weighted by molar-refractivity contribution is -0.333. The Morgan fingerprint density at radius 2 is 1.31 bits per heavy atom. The first-order chi connectivity index (χ1) is 54.5. The van der Waals surface area contributed by atoms with Gasteiger partial charge in [-0.05, 0) is 134 Å². The molecular formula is C78H89Cl2N11O24. The van der Waals surface area contributed by atoms with E-state index in [0.29, 0.717) is 5.56 Å². The van der Waals surface area contributed by atoms with E-state index in [1.54, 1.807) is 18.2 Å². The largest absolute Gasteiger partial charge is 0.508 e. The lowest BCUT2D eigenvalue weighted by atomic mass is 9.86. The maximum atomic E-state index is 16.3. The summed E-state index contributed by atoms with van der Waals surface area (Å²) in [5.74, 6) is -15.7. The Balaban J connectivity index is 1.10. The number of carbonyl (C=O) groups excluding carboxylic acids is 9. The molecule has 9 amide bonds. The molecule has 2 fully saturated rings. The Kier molecular flexibility index (Phi) is 26.6. The van der Waals surface area contributed by atoms with E-state index in [0.717, 1.165) is 66.2 Å². The van der Waals surface area contributed by atoms with Gasteiger partial charge in [0.1, 0.15) is 95.5 Å². The van der Waals surface area contributed by atoms with Crippen LogP contribution in [0.3, 0.4) is 0 Å². The molecule has 35 nitrogen and oxygen atoms in total. The Morgan fingerprint density at radius 1 is 0.696 bits per heavy atom. The summed E-state index contributed by atoms with van der Waals surface area (Å²) in [7, 11) is 1.47. The summed E-state index contributed by atoms with van der Waals surface area (Å²) in [6.45, 7) is 7.01. The molecule has 37 heteroatoms. The topological polar surface area (TPSA) is 551 Å². The van der Waals surface area contributed by atoms with Crippen molar-refractivity contribution in [2.24, 2.45) is 17.4 Å². The molecule has 614 valence electrons. The Hall–Kier alpha value is -10.8. The van der Waals surface area contributed by atoms with Crippen molar-refractivity contribution in [2.45, 2.75) is 163 Å². The fourth-order valence-corrected chi connectivity index (χ4v) is 14.3. The third kappa shape index (κ3) is 19.4. The number of nitrogens with one attached hydrogen (secondary N) is 9. The molecule has 7 aliphatic rings. The van der Waals surface area contributed by atoms with Crippen LogP contribution in [0.15, 0.2) is 109 Å². The molecule has 7 aliphatic heterocycles. The van der Waals surface area contributed by atoms with Crippen molar-refractivity contribution in [3.05, 3.63) is 158 Å². The third-order valence-corrected chi connectivity index (χ3v) is 20.6. The first-order valence-electron chi connectivity index (χ1n) is 36.5. The van der Waals surface area contributed by atoms with Gasteiger partial charge in [-0.1, -0.05) is 85.1 Å². The molecule has 115 heavy (non-hydrogen) atoms. The summed E-state index contributed by atoms with van der Waals surface area (Å²) in [5, 5.41) is 128. The van der Waals surface area contributed by atoms with Crippen LogP contribution < -0.4 is 73.5 Å². The number of halogens is 2. The number of fused-ring (bicyclic) bond motifs is 15. The van der Waals surface area contributed by atoms with E-state index >= 15 is 19.2 Å². The first kappa shape index (κ1) is 85.1. The Labute approximate surface area is 667 Å². The van der Waals surface area contributed by atoms with Crippen LogP contribution >= 0.6 is 23.2 Å². The second-order valence-electron chi connectivity index (χ2n) is 29.2. The highest BCUT2D eigenvalue weighted by molar-refractivity contribution is 6.32. The number of phenols is 3. The van der Waals surface area contributed by atoms with Crippen LogP contribution in [0.2, 0.25) is 10.0 Å². The van der Waals surface area contributed by atoms with E-state index in [2.05, 4.69) is 47.9 Å². The molecule has 6 aromatic rings. The van der Waals surface area contributed by atoms with Crippen LogP contribution in [0.25, 0.3) is 17.2 Å². The van der Waals surface area contributed by atoms with Crippen LogP contribution in [0.5, 0.6) is 46.0 Å². The number of aliphatic hydroxyl groups is 6. The van der Waals surface area contributed by atoms with Gasteiger partial charge in [-0.15, -0.1) is 0 Å². The van der Waals surface area contributed by atoms with Crippen molar-refractivity contribution in [3.63, 3.8) is 0 Å². The van der Waals surface area contributed by atoms with Gasteiger partial charge < -0.3 is 134 Å². The molecule has 11 bridgehead atoms. The maximum absolute atomic E-state index is 16.3. The summed E-state index contributed by atoms with van der Waals surface area (Å²) < 4.78 is 38.6. The van der Waals surface area contributed by atoms with Gasteiger partial charge in [0.2, 0.25) is 65.2 Å². The molecule has 0 spiro atoms. The van der Waals surface area contributed by atoms with Crippen molar-refractivity contribution in [2.75, 3.05) is 26.7 Å². The molecule has 0 saturated carbocycles. The number of aliphatic hydroxyl groups excluding tert-OH is 6. The third-order valence-electron chi connectivity index (χ3n) is 20.0. The second-order valence-corrected chi connectivity index (χ2v) is 30.0. The van der Waals surface area contributed by atoms with Crippen molar-refractivity contribution in [1.82, 2.24) is 47.9 Å². The molecule has 18 atom stereocenters. The highest BCUT2D eigenvalue weighted by Crippen LogP contribution is 2.50. The summed E-state index contributed by atoms with van der Waals surface area (Å²) in [5.41, 5.74) is 10.0. The van der Waals surface area contributed by atoms with Gasteiger partial charge in [0.25, 0.3) is 0 Å². The van der Waals surface area contributed by atoms with Gasteiger partial charge in [0.15, 0.2) is 23.9 Å². The van der Waals surface area contributed by atoms with Gasteiger partial charge in [-0.25, -0.2) is 0 Å². The van der Waals surface area contributed by atoms with E-state index in [1.807, 2.05) is 32.9 Å². The van der Waals surface area contributed by atoms with Crippen molar-refractivity contribution in [3.8, 4) is 57.1 Å². The van der Waals surface area contributed by atoms with E-state index in [-0.39, 0.29) is 59.3 Å². The quantitative estimate of drug-likeness (QED) is 0.0426. The number of phenolic OH excluding ortho intramolecular Hbond substituents is 3. The number of hydrogen-bond donors (Lipinski definition) is 20. The number of nitrogens with two attached hydrogens (primary N) is 2. The maximum Gasteiger partial charge on any atom is 0.248 e. The number of aryl methyl sites for hydroxylation is 1. The van der Waals surface area contributed by atoms with E-state index in [4.69, 9.17) is 63.1 Å². The molecule has 0 radical (unpaired) electrons. The minimum atomic E-state index is -2.36. The predicted molar refractivity (Wildman–Crippen MR) is 408 cm³/mol. The molecule has 7 heterocycles. The average molecular weight is 1640 g/mol. The standard InChI is InChI=1S/C78H89Cl2N11O24/c1-32(2)21-45(83-6)70(103)90-61-63(98)37-13-16-49(43(79)23-37)111-51-25-39-26-52(67(51)115-77-68(66(101)65(100)53(31-92)113-77)114-56-30-78(5,82)69(102)34(4)110-56)112-50-17-14-38(24-44(50)80)64(99)62-76(109)89-60(72(105)85-20-19-84-55(97)18-11-35-9-7-33(3)8-10-35)42-27-40(93)28-48(95)57(42)41-22-36(12-15-47(41)94)58(73(106)91-62)88-74(107)59(39)87-71(104)46(29-54(81)96)86-75(61)108/h7-18,22-28,32,34,45-46,53,56,58-66,68-69,77,83,92-95,98-102H,19-21,29-31,82H2,1-6H3,(H2,81,96)(H,84,97)(H,85,105)(H,86,108)(H,87,104)(H,88,107)(H,89,109)(H,90,103)(H,91,106)/b18-11+/t34-,45+,46-,53+,56?,58+,59?,60?,61+,62-,63+,64+,65+,66-,68+,69+,77-,78-/m0/s1. The van der Waals surface area contributed by atoms with Crippen LogP contribution in [0.1, 0.15) is 116 Å². The fraction of sp³-hybridized carbons (Fsp3) is 0.397. The van der Waals surface area contributed by atoms with Crippen LogP contribution in [0, 0.1) is 12.8 Å². The Morgan fingerprint density at radius 3 is 1.93 bits per heavy atom. The zero-order valence-electron chi connectivity index (χ0n) is 62.7. The zero-order valence-corrected chi connectivity index (χ0v) is 64.2. The SMILES string of the molecule is CN[C@H](CC(C)C)C(=O)N[C@H]1C(=O)N[C@@H](CC(N)=O)C(=O)NC2C(=O)N[C@H]3C(=O)N[C@H](C(=O)NC(C(=O)NCCNC(=O)/C=C/c4ccc(C)cc4)c4cc(O)cc(O)c4-c4cc3ccc4O)[C@H](O)c3ccc(c(Cl)c3)Oc3cc2cc(c3O[C@@H]2O[C@H](CO)[C@@H](O)[C@H](O)[C@H]2OC2C[C@](C)(N)[C@H](O)[C@H](C)O2)Oc2ccc(cc2Cl)[C@H]1O. The minimum Gasteiger partial charge on any atom is -0.508 e. The van der Waals surface area contributed by atoms with Crippen molar-refractivity contribution >= 4 is 82.4 Å². The van der Waals surface area contributed by atoms with Crippen LogP contribution in [-0.4, -0.2) is 205 Å². The van der Waals surface area contributed by atoms with E-state index in [1.165, 1.54) is 45.2 Å². The zero-order chi connectivity index (χ0) is 83.3. The van der Waals surface area contributed by atoms with Crippen molar-refractivity contribution in [1.29, 1.82) is 0 Å². The number of primary amides is 1. The monoisotopic (exact) mass is 1630 g/mol. The lowest BCUT2D eigenvalue weighted by Gasteiger charge is -2.47. The summed E-state index contributed by atoms with van der Waals surface area (Å²) in [6.07, 6.45) is -15.9. The number of rotatable bonds is 18. The van der Waals surface area contributed by atoms with E-state index < -0.39 is 243 Å². The highest BCUT2D eigenvalue weighted by atomic mass is 35.5. The highest BCUT2D eigenvalue weighted by Gasteiger charge is 2.52. The van der Waals surface area contributed by atoms with E-state index in [9.17, 15) is 69.9 Å². The smallest absolute Gasteiger partial charge is 0.248 e. The summed E-state index contributed by atoms with van der Waals surface area (Å²) in [4.78, 5) is 133. The number of amides is 9. The Bertz CT molecular complexity index is 4750. The number of likely N-dealkylation sites (N-methyl/N-ethyl adjacent to an activating group) is 1. The minimum absolute atomic E-state index is 0.106. The molecule has 22 N–H and O–H groups in total. The molecule has 6 aromatic carbocycles. The lowest BCUT2D eigenvalue weighted by Crippen LogP contribution is -2.64. The fourth-order valence-electron chi connectivity index (χ4n) is 13.9. The van der Waals surface area contributed by atoms with Gasteiger partial charge in [0, 0.05) is 48.3 Å². The number of hydrogen-bond acceptors (Lipinski definition) is 26. The van der Waals surface area contributed by atoms with Gasteiger partial charge in [-0.3, -0.25) is 43.2 Å². The van der Waals surface area contributed by atoms with Gasteiger partial charge >= 0.3 is 0 Å².